The van der Waals surface area contributed by atoms with Crippen LogP contribution in [0.2, 0.25) is 0 Å². The molecule has 2 heterocycles. The van der Waals surface area contributed by atoms with E-state index in [9.17, 15) is 9.59 Å². The average Bonchev–Trinajstić information content (AvgIpc) is 3.06. The van der Waals surface area contributed by atoms with Crippen LogP contribution in [0.1, 0.15) is 42.4 Å². The molecular weight excluding hydrogens is 286 g/mol. The molecule has 0 fully saturated rings. The molecule has 0 aliphatic heterocycles. The molecule has 22 heavy (non-hydrogen) atoms. The molecule has 0 aromatic carbocycles. The van der Waals surface area contributed by atoms with Crippen molar-refractivity contribution in [1.82, 2.24) is 19.6 Å². The first-order chi connectivity index (χ1) is 10.4. The molecule has 8 heteroatoms. The van der Waals surface area contributed by atoms with Gasteiger partial charge < -0.3 is 10.4 Å². The number of nitrogens with zero attached hydrogens (tertiary/aromatic N) is 4. The molecule has 2 N–H and O–H groups in total. The summed E-state index contributed by atoms with van der Waals surface area (Å²) >= 11 is 0. The normalized spacial score (nSPS) is 12.1. The quantitative estimate of drug-likeness (QED) is 0.845. The van der Waals surface area contributed by atoms with E-state index in [1.54, 1.807) is 10.7 Å². The monoisotopic (exact) mass is 305 g/mol. The van der Waals surface area contributed by atoms with E-state index in [1.807, 2.05) is 13.8 Å². The molecule has 1 atom stereocenters. The third-order valence-corrected chi connectivity index (χ3v) is 3.20. The Morgan fingerprint density at radius 3 is 2.82 bits per heavy atom. The van der Waals surface area contributed by atoms with Crippen molar-refractivity contribution in [3.05, 3.63) is 29.7 Å². The maximum absolute atomic E-state index is 12.2. The number of aliphatic carboxylic acids is 1. The van der Waals surface area contributed by atoms with Gasteiger partial charge in [-0.2, -0.15) is 10.2 Å². The topological polar surface area (TPSA) is 102 Å². The minimum absolute atomic E-state index is 0.301. The van der Waals surface area contributed by atoms with Gasteiger partial charge in [-0.25, -0.2) is 9.48 Å². The van der Waals surface area contributed by atoms with Crippen LogP contribution in [0.5, 0.6) is 0 Å². The number of hydrogen-bond donors (Lipinski definition) is 2. The standard InChI is InChI=1S/C14H19N5O3/c1-4-5-18-12(6-9(2)17-18)16-13(20)11-7-15-19(8-11)10(3)14(21)22/h6-8,10H,4-5H2,1-3H3,(H,16,20)(H,21,22). The van der Waals surface area contributed by atoms with E-state index < -0.39 is 12.0 Å². The summed E-state index contributed by atoms with van der Waals surface area (Å²) in [6.45, 7) is 6.09. The fourth-order valence-electron chi connectivity index (χ4n) is 2.00. The Morgan fingerprint density at radius 1 is 1.45 bits per heavy atom. The highest BCUT2D eigenvalue weighted by molar-refractivity contribution is 6.03. The lowest BCUT2D eigenvalue weighted by Crippen LogP contribution is -2.17. The van der Waals surface area contributed by atoms with Crippen LogP contribution in [0.4, 0.5) is 5.82 Å². The molecule has 0 radical (unpaired) electrons. The summed E-state index contributed by atoms with van der Waals surface area (Å²) in [5.74, 6) is -0.740. The number of carboxylic acids is 1. The van der Waals surface area contributed by atoms with E-state index >= 15 is 0 Å². The Morgan fingerprint density at radius 2 is 2.18 bits per heavy atom. The molecule has 2 rings (SSSR count). The number of amides is 1. The van der Waals surface area contributed by atoms with E-state index in [0.29, 0.717) is 17.9 Å². The fourth-order valence-corrected chi connectivity index (χ4v) is 2.00. The number of aromatic nitrogens is 4. The minimum Gasteiger partial charge on any atom is -0.480 e. The lowest BCUT2D eigenvalue weighted by molar-refractivity contribution is -0.140. The number of rotatable bonds is 6. The molecule has 118 valence electrons. The van der Waals surface area contributed by atoms with E-state index in [1.165, 1.54) is 24.0 Å². The summed E-state index contributed by atoms with van der Waals surface area (Å²) in [7, 11) is 0. The molecule has 0 aliphatic carbocycles. The molecule has 8 nitrogen and oxygen atoms in total. The van der Waals surface area contributed by atoms with Crippen molar-refractivity contribution < 1.29 is 14.7 Å². The van der Waals surface area contributed by atoms with Crippen LogP contribution in [-0.2, 0) is 11.3 Å². The van der Waals surface area contributed by atoms with Gasteiger partial charge in [-0.05, 0) is 20.3 Å². The average molecular weight is 305 g/mol. The van der Waals surface area contributed by atoms with Gasteiger partial charge in [-0.3, -0.25) is 9.48 Å². The highest BCUT2D eigenvalue weighted by Gasteiger charge is 2.17. The Balaban J connectivity index is 2.14. The van der Waals surface area contributed by atoms with Gasteiger partial charge in [0.15, 0.2) is 0 Å². The predicted octanol–water partition coefficient (Wildman–Crippen LogP) is 1.70. The van der Waals surface area contributed by atoms with Crippen molar-refractivity contribution in [3.63, 3.8) is 0 Å². The molecule has 0 saturated carbocycles. The van der Waals surface area contributed by atoms with Gasteiger partial charge in [-0.1, -0.05) is 6.92 Å². The zero-order chi connectivity index (χ0) is 16.3. The van der Waals surface area contributed by atoms with E-state index in [4.69, 9.17) is 5.11 Å². The van der Waals surface area contributed by atoms with E-state index in [2.05, 4.69) is 15.5 Å². The number of carbonyl (C=O) groups is 2. The molecule has 0 aliphatic rings. The molecule has 2 aromatic heterocycles. The maximum Gasteiger partial charge on any atom is 0.328 e. The van der Waals surface area contributed by atoms with Crippen LogP contribution in [-0.4, -0.2) is 36.5 Å². The largest absolute Gasteiger partial charge is 0.480 e. The van der Waals surface area contributed by atoms with Crippen LogP contribution in [0.15, 0.2) is 18.5 Å². The molecule has 2 aromatic rings. The van der Waals surface area contributed by atoms with Gasteiger partial charge in [0.1, 0.15) is 11.9 Å². The predicted molar refractivity (Wildman–Crippen MR) is 79.8 cm³/mol. The van der Waals surface area contributed by atoms with Crippen molar-refractivity contribution >= 4 is 17.7 Å². The first-order valence-corrected chi connectivity index (χ1v) is 7.05. The second-order valence-electron chi connectivity index (χ2n) is 5.07. The maximum atomic E-state index is 12.2. The third-order valence-electron chi connectivity index (χ3n) is 3.20. The zero-order valence-corrected chi connectivity index (χ0v) is 12.8. The third kappa shape index (κ3) is 3.33. The minimum atomic E-state index is -1.01. The molecule has 1 amide bonds. The van der Waals surface area contributed by atoms with Gasteiger partial charge in [0, 0.05) is 18.8 Å². The second-order valence-corrected chi connectivity index (χ2v) is 5.07. The van der Waals surface area contributed by atoms with Gasteiger partial charge in [-0.15, -0.1) is 0 Å². The summed E-state index contributed by atoms with van der Waals surface area (Å²) in [5.41, 5.74) is 1.12. The highest BCUT2D eigenvalue weighted by Crippen LogP contribution is 2.13. The van der Waals surface area contributed by atoms with Crippen LogP contribution in [0, 0.1) is 6.92 Å². The summed E-state index contributed by atoms with van der Waals surface area (Å²) < 4.78 is 2.98. The number of anilines is 1. The van der Waals surface area contributed by atoms with Gasteiger partial charge in [0.2, 0.25) is 0 Å². The second kappa shape index (κ2) is 6.42. The summed E-state index contributed by atoms with van der Waals surface area (Å²) in [4.78, 5) is 23.1. The van der Waals surface area contributed by atoms with Crippen molar-refractivity contribution in [3.8, 4) is 0 Å². The SMILES string of the molecule is CCCn1nc(C)cc1NC(=O)c1cnn(C(C)C(=O)O)c1. The Kier molecular flexibility index (Phi) is 4.59. The van der Waals surface area contributed by atoms with E-state index in [0.717, 1.165) is 12.1 Å². The number of nitrogens with one attached hydrogen (secondary N) is 1. The van der Waals surface area contributed by atoms with Crippen LogP contribution in [0.25, 0.3) is 0 Å². The first-order valence-electron chi connectivity index (χ1n) is 7.05. The molecule has 1 unspecified atom stereocenters. The Hall–Kier alpha value is -2.64. The van der Waals surface area contributed by atoms with Crippen molar-refractivity contribution in [2.24, 2.45) is 0 Å². The van der Waals surface area contributed by atoms with Gasteiger partial charge in [0.05, 0.1) is 17.5 Å². The van der Waals surface area contributed by atoms with Crippen molar-refractivity contribution in [1.29, 1.82) is 0 Å². The summed E-state index contributed by atoms with van der Waals surface area (Å²) in [6.07, 6.45) is 3.67. The number of carboxylic acid groups (broad SMARTS) is 1. The van der Waals surface area contributed by atoms with Crippen molar-refractivity contribution in [2.75, 3.05) is 5.32 Å². The Labute approximate surface area is 127 Å². The molecular formula is C14H19N5O3. The molecule has 0 bridgehead atoms. The lowest BCUT2D eigenvalue weighted by Gasteiger charge is -2.07. The first kappa shape index (κ1) is 15.7. The summed E-state index contributed by atoms with van der Waals surface area (Å²) in [5, 5.41) is 19.9. The number of hydrogen-bond acceptors (Lipinski definition) is 4. The molecule has 0 spiro atoms. The van der Waals surface area contributed by atoms with Gasteiger partial charge >= 0.3 is 5.97 Å². The van der Waals surface area contributed by atoms with Crippen LogP contribution in [0.3, 0.4) is 0 Å². The molecule has 0 saturated heterocycles. The zero-order valence-electron chi connectivity index (χ0n) is 12.8. The van der Waals surface area contributed by atoms with Crippen molar-refractivity contribution in [2.45, 2.75) is 39.8 Å². The van der Waals surface area contributed by atoms with Crippen LogP contribution >= 0.6 is 0 Å². The number of aryl methyl sites for hydroxylation is 2. The lowest BCUT2D eigenvalue weighted by atomic mass is 10.3. The fraction of sp³-hybridized carbons (Fsp3) is 0.429. The smallest absolute Gasteiger partial charge is 0.328 e. The summed E-state index contributed by atoms with van der Waals surface area (Å²) in [6, 6.07) is 0.965. The van der Waals surface area contributed by atoms with Gasteiger partial charge in [0.25, 0.3) is 5.91 Å². The highest BCUT2D eigenvalue weighted by atomic mass is 16.4. The Bertz CT molecular complexity index is 688. The van der Waals surface area contributed by atoms with E-state index in [-0.39, 0.29) is 5.91 Å². The number of carbonyl (C=O) groups excluding carboxylic acids is 1. The van der Waals surface area contributed by atoms with Crippen LogP contribution < -0.4 is 5.32 Å².